The van der Waals surface area contributed by atoms with Gasteiger partial charge in [0.2, 0.25) is 0 Å². The van der Waals surface area contributed by atoms with E-state index in [-0.39, 0.29) is 11.7 Å². The molecule has 1 atom stereocenters. The molecule has 0 aromatic heterocycles. The van der Waals surface area contributed by atoms with Crippen LogP contribution in [-0.2, 0) is 6.18 Å². The molecule has 21 heavy (non-hydrogen) atoms. The van der Waals surface area contributed by atoms with Crippen LogP contribution in [0.15, 0.2) is 24.3 Å². The largest absolute Gasteiger partial charge is 0.418 e. The van der Waals surface area contributed by atoms with Gasteiger partial charge in [-0.15, -0.1) is 0 Å². The Hall–Kier alpha value is -1.76. The Balaban J connectivity index is 2.02. The summed E-state index contributed by atoms with van der Waals surface area (Å²) in [6.07, 6.45) is -2.47. The summed E-state index contributed by atoms with van der Waals surface area (Å²) < 4.78 is 38.6. The number of nitrogens with zero attached hydrogens (tertiary/aromatic N) is 1. The third-order valence-corrected chi connectivity index (χ3v) is 3.48. The molecule has 0 aliphatic carbocycles. The maximum Gasteiger partial charge on any atom is 0.418 e. The number of nitrogens with one attached hydrogen (secondary N) is 2. The zero-order valence-electron chi connectivity index (χ0n) is 11.7. The Kier molecular flexibility index (Phi) is 4.72. The van der Waals surface area contributed by atoms with Crippen LogP contribution in [0.3, 0.4) is 0 Å². The van der Waals surface area contributed by atoms with E-state index in [0.717, 1.165) is 25.5 Å². The second kappa shape index (κ2) is 6.34. The molecule has 1 aromatic rings. The number of hydrogen-bond acceptors (Lipinski definition) is 2. The second-order valence-corrected chi connectivity index (χ2v) is 5.15. The minimum absolute atomic E-state index is 0.207. The Morgan fingerprint density at radius 2 is 2.14 bits per heavy atom. The molecule has 1 fully saturated rings. The number of carbonyl (C=O) groups is 1. The van der Waals surface area contributed by atoms with E-state index < -0.39 is 17.8 Å². The van der Waals surface area contributed by atoms with Gasteiger partial charge in [-0.3, -0.25) is 0 Å². The summed E-state index contributed by atoms with van der Waals surface area (Å²) in [7, 11) is 1.57. The fourth-order valence-corrected chi connectivity index (χ4v) is 2.38. The van der Waals surface area contributed by atoms with Crippen LogP contribution in [0.2, 0.25) is 0 Å². The molecular weight excluding hydrogens is 283 g/mol. The summed E-state index contributed by atoms with van der Waals surface area (Å²) in [5.41, 5.74) is -1.06. The van der Waals surface area contributed by atoms with Gasteiger partial charge in [-0.05, 0) is 31.5 Å². The van der Waals surface area contributed by atoms with Crippen molar-refractivity contribution >= 4 is 11.7 Å². The lowest BCUT2D eigenvalue weighted by molar-refractivity contribution is -0.136. The lowest BCUT2D eigenvalue weighted by Crippen LogP contribution is -2.40. The van der Waals surface area contributed by atoms with Crippen LogP contribution in [0, 0.1) is 0 Å². The minimum Gasteiger partial charge on any atom is -0.326 e. The van der Waals surface area contributed by atoms with Crippen molar-refractivity contribution in [3.63, 3.8) is 0 Å². The first kappa shape index (κ1) is 15.6. The average Bonchev–Trinajstić information content (AvgIpc) is 2.91. The van der Waals surface area contributed by atoms with Gasteiger partial charge in [-0.25, -0.2) is 4.79 Å². The van der Waals surface area contributed by atoms with Crippen LogP contribution < -0.4 is 10.6 Å². The number of hydrogen-bond donors (Lipinski definition) is 2. The van der Waals surface area contributed by atoms with E-state index in [2.05, 4.69) is 10.6 Å². The Bertz CT molecular complexity index is 498. The Morgan fingerprint density at radius 1 is 1.43 bits per heavy atom. The summed E-state index contributed by atoms with van der Waals surface area (Å²) in [6, 6.07) is 4.63. The second-order valence-electron chi connectivity index (χ2n) is 5.15. The number of halogens is 3. The first-order valence-electron chi connectivity index (χ1n) is 6.79. The molecule has 1 unspecified atom stereocenters. The molecule has 0 radical (unpaired) electrons. The number of benzene rings is 1. The highest BCUT2D eigenvalue weighted by molar-refractivity contribution is 5.90. The van der Waals surface area contributed by atoms with Crippen LogP contribution in [-0.4, -0.2) is 37.1 Å². The van der Waals surface area contributed by atoms with Crippen LogP contribution in [0.4, 0.5) is 23.7 Å². The molecule has 116 valence electrons. The summed E-state index contributed by atoms with van der Waals surface area (Å²) in [6.45, 7) is 1.39. The van der Waals surface area contributed by atoms with Crippen molar-refractivity contribution in [1.29, 1.82) is 0 Å². The fraction of sp³-hybridized carbons (Fsp3) is 0.500. The number of rotatable bonds is 3. The zero-order chi connectivity index (χ0) is 15.5. The monoisotopic (exact) mass is 301 g/mol. The predicted octanol–water partition coefficient (Wildman–Crippen LogP) is 2.92. The molecule has 1 aliphatic heterocycles. The highest BCUT2D eigenvalue weighted by Crippen LogP contribution is 2.34. The van der Waals surface area contributed by atoms with E-state index in [4.69, 9.17) is 0 Å². The molecule has 0 saturated carbocycles. The summed E-state index contributed by atoms with van der Waals surface area (Å²) in [5.74, 6) is 0. The third kappa shape index (κ3) is 4.10. The van der Waals surface area contributed by atoms with E-state index in [1.165, 1.54) is 23.1 Å². The smallest absolute Gasteiger partial charge is 0.326 e. The maximum absolute atomic E-state index is 12.9. The number of para-hydroxylation sites is 1. The summed E-state index contributed by atoms with van der Waals surface area (Å²) >= 11 is 0. The van der Waals surface area contributed by atoms with E-state index in [1.54, 1.807) is 7.05 Å². The molecule has 1 aromatic carbocycles. The van der Waals surface area contributed by atoms with E-state index in [1.807, 2.05) is 0 Å². The van der Waals surface area contributed by atoms with Crippen LogP contribution >= 0.6 is 0 Å². The summed E-state index contributed by atoms with van der Waals surface area (Å²) in [4.78, 5) is 13.4. The van der Waals surface area contributed by atoms with Gasteiger partial charge in [0.15, 0.2) is 0 Å². The molecular formula is C14H18F3N3O. The van der Waals surface area contributed by atoms with Crippen molar-refractivity contribution in [3.05, 3.63) is 29.8 Å². The van der Waals surface area contributed by atoms with Crippen molar-refractivity contribution in [2.75, 3.05) is 25.5 Å². The van der Waals surface area contributed by atoms with Gasteiger partial charge in [0.25, 0.3) is 0 Å². The first-order chi connectivity index (χ1) is 9.88. The van der Waals surface area contributed by atoms with E-state index >= 15 is 0 Å². The van der Waals surface area contributed by atoms with Crippen LogP contribution in [0.1, 0.15) is 18.4 Å². The van der Waals surface area contributed by atoms with Gasteiger partial charge in [-0.1, -0.05) is 12.1 Å². The molecule has 1 aliphatic rings. The first-order valence-corrected chi connectivity index (χ1v) is 6.79. The molecule has 1 heterocycles. The zero-order valence-corrected chi connectivity index (χ0v) is 11.7. The Labute approximate surface area is 121 Å². The van der Waals surface area contributed by atoms with Gasteiger partial charge < -0.3 is 15.5 Å². The number of amides is 2. The van der Waals surface area contributed by atoms with Crippen LogP contribution in [0.5, 0.6) is 0 Å². The Morgan fingerprint density at radius 3 is 2.76 bits per heavy atom. The van der Waals surface area contributed by atoms with E-state index in [0.29, 0.717) is 6.54 Å². The predicted molar refractivity (Wildman–Crippen MR) is 74.1 cm³/mol. The molecule has 0 spiro atoms. The normalized spacial score (nSPS) is 18.6. The number of anilines is 1. The minimum atomic E-state index is -4.49. The van der Waals surface area contributed by atoms with Gasteiger partial charge >= 0.3 is 12.2 Å². The van der Waals surface area contributed by atoms with Gasteiger partial charge in [-0.2, -0.15) is 13.2 Å². The number of likely N-dealkylation sites (N-methyl/N-ethyl adjacent to an activating group) is 1. The standard InChI is InChI=1S/C14H18F3N3O/c1-20(9-10-5-4-8-18-10)13(21)19-12-7-3-2-6-11(12)14(15,16)17/h2-3,6-7,10,18H,4-5,8-9H2,1H3,(H,19,21). The van der Waals surface area contributed by atoms with Gasteiger partial charge in [0.1, 0.15) is 0 Å². The molecule has 0 bridgehead atoms. The van der Waals surface area contributed by atoms with E-state index in [9.17, 15) is 18.0 Å². The molecule has 2 rings (SSSR count). The number of urea groups is 1. The molecule has 7 heteroatoms. The number of carbonyl (C=O) groups excluding carboxylic acids is 1. The third-order valence-electron chi connectivity index (χ3n) is 3.48. The van der Waals surface area contributed by atoms with Crippen molar-refractivity contribution in [2.45, 2.75) is 25.1 Å². The van der Waals surface area contributed by atoms with Gasteiger partial charge in [0.05, 0.1) is 11.3 Å². The maximum atomic E-state index is 12.9. The SMILES string of the molecule is CN(CC1CCCN1)C(=O)Nc1ccccc1C(F)(F)F. The van der Waals surface area contributed by atoms with Crippen LogP contribution in [0.25, 0.3) is 0 Å². The molecule has 2 amide bonds. The lowest BCUT2D eigenvalue weighted by atomic mass is 10.1. The quantitative estimate of drug-likeness (QED) is 0.901. The van der Waals surface area contributed by atoms with Gasteiger partial charge in [0, 0.05) is 19.6 Å². The lowest BCUT2D eigenvalue weighted by Gasteiger charge is -2.22. The highest BCUT2D eigenvalue weighted by atomic mass is 19.4. The molecule has 1 saturated heterocycles. The van der Waals surface area contributed by atoms with Crippen molar-refractivity contribution in [2.24, 2.45) is 0 Å². The highest BCUT2D eigenvalue weighted by Gasteiger charge is 2.33. The molecule has 4 nitrogen and oxygen atoms in total. The summed E-state index contributed by atoms with van der Waals surface area (Å²) in [5, 5.41) is 5.57. The fourth-order valence-electron chi connectivity index (χ4n) is 2.38. The molecule has 2 N–H and O–H groups in total. The number of alkyl halides is 3. The average molecular weight is 301 g/mol. The topological polar surface area (TPSA) is 44.4 Å². The van der Waals surface area contributed by atoms with Crippen molar-refractivity contribution < 1.29 is 18.0 Å². The van der Waals surface area contributed by atoms with Crippen molar-refractivity contribution in [3.8, 4) is 0 Å². The van der Waals surface area contributed by atoms with Crippen molar-refractivity contribution in [1.82, 2.24) is 10.2 Å².